The summed E-state index contributed by atoms with van der Waals surface area (Å²) in [6, 6.07) is 60.5. The normalized spacial score (nSPS) is 15.6. The van der Waals surface area contributed by atoms with Gasteiger partial charge < -0.3 is 4.57 Å². The minimum absolute atomic E-state index is 0.00375. The van der Waals surface area contributed by atoms with E-state index < -0.39 is 0 Å². The van der Waals surface area contributed by atoms with E-state index >= 15 is 0 Å². The molecule has 1 aromatic heterocycles. The van der Waals surface area contributed by atoms with Gasteiger partial charge in [0.05, 0.1) is 11.0 Å². The van der Waals surface area contributed by atoms with Gasteiger partial charge in [0.15, 0.2) is 0 Å². The molecule has 0 radical (unpaired) electrons. The van der Waals surface area contributed by atoms with Crippen LogP contribution in [0.15, 0.2) is 164 Å². The molecule has 8 aromatic rings. The molecule has 0 spiro atoms. The van der Waals surface area contributed by atoms with Crippen molar-refractivity contribution in [2.45, 2.75) is 52.4 Å². The Morgan fingerprint density at radius 3 is 1.31 bits per heavy atom. The standard InChI is InChI=1S/C51H45N/c1-49(2)45-32-44-43-31-39(38-24-16-23-37(27-38)34-17-10-7-11-18-34)25-26-47(43)52(48(44)33-46(45)50(3,4)51(49,5)6)42-29-40(35-19-12-8-13-20-35)28-41(30-42)36-21-14-9-15-22-36/h7-33H,1-6H3. The zero-order valence-corrected chi connectivity index (χ0v) is 31.0. The van der Waals surface area contributed by atoms with Crippen molar-refractivity contribution in [3.05, 3.63) is 175 Å². The SMILES string of the molecule is CC1(C)c2cc3c4cc(-c5cccc(-c6ccccc6)c5)ccc4n(-c4cc(-c5ccccc5)cc(-c5ccccc5)c4)c3cc2C(C)(C)C1(C)C. The molecule has 0 saturated carbocycles. The fourth-order valence-electron chi connectivity index (χ4n) is 8.86. The first-order valence-corrected chi connectivity index (χ1v) is 18.6. The smallest absolute Gasteiger partial charge is 0.0544 e. The predicted octanol–water partition coefficient (Wildman–Crippen LogP) is 14.0. The highest BCUT2D eigenvalue weighted by Gasteiger charge is 2.57. The molecule has 7 aromatic carbocycles. The first-order chi connectivity index (χ1) is 25.0. The Morgan fingerprint density at radius 1 is 0.327 bits per heavy atom. The molecule has 0 fully saturated rings. The number of aromatic nitrogens is 1. The van der Waals surface area contributed by atoms with E-state index in [-0.39, 0.29) is 16.2 Å². The van der Waals surface area contributed by atoms with Crippen molar-refractivity contribution in [3.63, 3.8) is 0 Å². The third-order valence-corrected chi connectivity index (χ3v) is 13.1. The molecule has 0 saturated heterocycles. The van der Waals surface area contributed by atoms with Gasteiger partial charge in [0.1, 0.15) is 0 Å². The Morgan fingerprint density at radius 2 is 0.750 bits per heavy atom. The maximum atomic E-state index is 2.54. The van der Waals surface area contributed by atoms with Crippen LogP contribution < -0.4 is 0 Å². The quantitative estimate of drug-likeness (QED) is 0.172. The van der Waals surface area contributed by atoms with Crippen LogP contribution in [0.25, 0.3) is 72.0 Å². The van der Waals surface area contributed by atoms with Crippen molar-refractivity contribution in [1.29, 1.82) is 0 Å². The summed E-state index contributed by atoms with van der Waals surface area (Å²) < 4.78 is 2.53. The molecule has 1 heterocycles. The Hall–Kier alpha value is -5.66. The Labute approximate surface area is 308 Å². The van der Waals surface area contributed by atoms with Gasteiger partial charge in [-0.1, -0.05) is 157 Å². The zero-order chi connectivity index (χ0) is 35.8. The van der Waals surface area contributed by atoms with Gasteiger partial charge in [0.25, 0.3) is 0 Å². The summed E-state index contributed by atoms with van der Waals surface area (Å²) in [5.41, 5.74) is 16.4. The third-order valence-electron chi connectivity index (χ3n) is 13.1. The second kappa shape index (κ2) is 11.7. The third kappa shape index (κ3) is 4.83. The average molecular weight is 672 g/mol. The van der Waals surface area contributed by atoms with Gasteiger partial charge in [-0.3, -0.25) is 0 Å². The lowest BCUT2D eigenvalue weighted by Crippen LogP contribution is -2.42. The van der Waals surface area contributed by atoms with Gasteiger partial charge in [0.2, 0.25) is 0 Å². The van der Waals surface area contributed by atoms with E-state index in [2.05, 4.69) is 210 Å². The molecule has 0 bridgehead atoms. The second-order valence-electron chi connectivity index (χ2n) is 16.3. The summed E-state index contributed by atoms with van der Waals surface area (Å²) >= 11 is 0. The molecule has 1 heteroatoms. The van der Waals surface area contributed by atoms with Crippen LogP contribution in [0.5, 0.6) is 0 Å². The van der Waals surface area contributed by atoms with Crippen LogP contribution in [0.2, 0.25) is 0 Å². The summed E-state index contributed by atoms with van der Waals surface area (Å²) in [6.45, 7) is 14.7. The highest BCUT2D eigenvalue weighted by atomic mass is 15.0. The van der Waals surface area contributed by atoms with E-state index in [4.69, 9.17) is 0 Å². The molecule has 1 nitrogen and oxygen atoms in total. The first kappa shape index (κ1) is 32.3. The lowest BCUT2D eigenvalue weighted by atomic mass is 9.59. The Kier molecular flexibility index (Phi) is 7.25. The maximum Gasteiger partial charge on any atom is 0.0544 e. The highest BCUT2D eigenvalue weighted by molar-refractivity contribution is 6.11. The molecule has 0 unspecified atom stereocenters. The molecule has 52 heavy (non-hydrogen) atoms. The fraction of sp³-hybridized carbons (Fsp3) is 0.176. The van der Waals surface area contributed by atoms with Crippen LogP contribution in [-0.2, 0) is 10.8 Å². The van der Waals surface area contributed by atoms with Crippen LogP contribution in [0.1, 0.15) is 52.7 Å². The number of fused-ring (bicyclic) bond motifs is 4. The van der Waals surface area contributed by atoms with Crippen molar-refractivity contribution in [3.8, 4) is 50.2 Å². The molecule has 0 N–H and O–H groups in total. The molecular weight excluding hydrogens is 627 g/mol. The minimum Gasteiger partial charge on any atom is -0.309 e. The summed E-state index contributed by atoms with van der Waals surface area (Å²) in [5.74, 6) is 0. The largest absolute Gasteiger partial charge is 0.309 e. The molecule has 1 aliphatic carbocycles. The zero-order valence-electron chi connectivity index (χ0n) is 31.0. The topological polar surface area (TPSA) is 4.93 Å². The Bertz CT molecular complexity index is 2560. The lowest BCUT2D eigenvalue weighted by molar-refractivity contribution is 0.125. The van der Waals surface area contributed by atoms with Gasteiger partial charge in [-0.2, -0.15) is 0 Å². The average Bonchev–Trinajstić information content (AvgIpc) is 3.55. The minimum atomic E-state index is -0.00850. The Balaban J connectivity index is 1.34. The number of nitrogens with zero attached hydrogens (tertiary/aromatic N) is 1. The molecule has 0 amide bonds. The monoisotopic (exact) mass is 671 g/mol. The lowest BCUT2D eigenvalue weighted by Gasteiger charge is -2.44. The van der Waals surface area contributed by atoms with Crippen molar-refractivity contribution < 1.29 is 0 Å². The van der Waals surface area contributed by atoms with Gasteiger partial charge in [-0.15, -0.1) is 0 Å². The summed E-state index contributed by atoms with van der Waals surface area (Å²) in [7, 11) is 0. The fourth-order valence-corrected chi connectivity index (χ4v) is 8.86. The van der Waals surface area contributed by atoms with Gasteiger partial charge in [0, 0.05) is 16.5 Å². The van der Waals surface area contributed by atoms with Crippen LogP contribution in [0.4, 0.5) is 0 Å². The maximum absolute atomic E-state index is 2.54. The van der Waals surface area contributed by atoms with E-state index in [9.17, 15) is 0 Å². The van der Waals surface area contributed by atoms with Crippen LogP contribution in [-0.4, -0.2) is 4.57 Å². The van der Waals surface area contributed by atoms with Gasteiger partial charge in [-0.25, -0.2) is 0 Å². The first-order valence-electron chi connectivity index (χ1n) is 18.6. The van der Waals surface area contributed by atoms with Crippen molar-refractivity contribution in [2.75, 3.05) is 0 Å². The van der Waals surface area contributed by atoms with E-state index in [0.29, 0.717) is 0 Å². The van der Waals surface area contributed by atoms with Crippen LogP contribution >= 0.6 is 0 Å². The number of benzene rings is 7. The van der Waals surface area contributed by atoms with Crippen molar-refractivity contribution in [2.24, 2.45) is 5.41 Å². The molecule has 9 rings (SSSR count). The number of rotatable bonds is 5. The van der Waals surface area contributed by atoms with Crippen LogP contribution in [0.3, 0.4) is 0 Å². The second-order valence-corrected chi connectivity index (χ2v) is 16.3. The van der Waals surface area contributed by atoms with E-state index in [1.807, 2.05) is 0 Å². The van der Waals surface area contributed by atoms with Crippen molar-refractivity contribution >= 4 is 21.8 Å². The molecule has 0 atom stereocenters. The van der Waals surface area contributed by atoms with Crippen LogP contribution in [0, 0.1) is 5.41 Å². The summed E-state index contributed by atoms with van der Waals surface area (Å²) in [5, 5.41) is 2.59. The predicted molar refractivity (Wildman–Crippen MR) is 222 cm³/mol. The number of hydrogen-bond acceptors (Lipinski definition) is 0. The molecule has 1 aliphatic rings. The molecule has 0 aliphatic heterocycles. The number of hydrogen-bond donors (Lipinski definition) is 0. The van der Waals surface area contributed by atoms with E-state index in [1.165, 1.54) is 83.1 Å². The van der Waals surface area contributed by atoms with Gasteiger partial charge >= 0.3 is 0 Å². The van der Waals surface area contributed by atoms with E-state index in [0.717, 1.165) is 0 Å². The van der Waals surface area contributed by atoms with Gasteiger partial charge in [-0.05, 0) is 120 Å². The molecule has 254 valence electrons. The van der Waals surface area contributed by atoms with Crippen molar-refractivity contribution in [1.82, 2.24) is 4.57 Å². The molecular formula is C51H45N. The van der Waals surface area contributed by atoms with E-state index in [1.54, 1.807) is 0 Å². The summed E-state index contributed by atoms with van der Waals surface area (Å²) in [6.07, 6.45) is 0. The highest BCUT2D eigenvalue weighted by Crippen LogP contribution is 2.62. The summed E-state index contributed by atoms with van der Waals surface area (Å²) in [4.78, 5) is 0.